The lowest BCUT2D eigenvalue weighted by Gasteiger charge is -2.37. The summed E-state index contributed by atoms with van der Waals surface area (Å²) in [5, 5.41) is 20.4. The smallest absolute Gasteiger partial charge is 0.109 e. The second kappa shape index (κ2) is 22.3. The second-order valence-electron chi connectivity index (χ2n) is 10.7. The van der Waals surface area contributed by atoms with Crippen molar-refractivity contribution in [2.45, 2.75) is 136 Å². The minimum atomic E-state index is -0.409. The van der Waals surface area contributed by atoms with Gasteiger partial charge in [-0.3, -0.25) is 4.48 Å². The van der Waals surface area contributed by atoms with Crippen LogP contribution in [0.5, 0.6) is 0 Å². The molecule has 0 amide bonds. The van der Waals surface area contributed by atoms with Gasteiger partial charge in [0.25, 0.3) is 0 Å². The van der Waals surface area contributed by atoms with Gasteiger partial charge in [-0.05, 0) is 32.8 Å². The maximum absolute atomic E-state index is 10.2. The lowest BCUT2D eigenvalue weighted by atomic mass is 10.0. The molecule has 35 heavy (non-hydrogen) atoms. The summed E-state index contributed by atoms with van der Waals surface area (Å²) in [5.74, 6) is 0. The molecule has 3 nitrogen and oxygen atoms in total. The van der Waals surface area contributed by atoms with Gasteiger partial charge in [0.15, 0.2) is 0 Å². The average molecular weight is 510 g/mol. The summed E-state index contributed by atoms with van der Waals surface area (Å²) in [5.41, 5.74) is 1.24. The predicted octanol–water partition coefficient (Wildman–Crippen LogP) is 5.15. The molecule has 1 aromatic rings. The molecule has 0 aliphatic carbocycles. The lowest BCUT2D eigenvalue weighted by molar-refractivity contribution is -0.898. The topological polar surface area (TPSA) is 40.5 Å². The first-order valence-electron chi connectivity index (χ1n) is 14.4. The summed E-state index contributed by atoms with van der Waals surface area (Å²) in [6.07, 6.45) is 24.2. The third-order valence-electron chi connectivity index (χ3n) is 6.74. The van der Waals surface area contributed by atoms with Gasteiger partial charge >= 0.3 is 0 Å². The molecule has 0 saturated carbocycles. The molecule has 1 rings (SSSR count). The highest BCUT2D eigenvalue weighted by Crippen LogP contribution is 2.20. The zero-order valence-corrected chi connectivity index (χ0v) is 23.9. The van der Waals surface area contributed by atoms with E-state index < -0.39 is 12.2 Å². The van der Waals surface area contributed by atoms with E-state index in [-0.39, 0.29) is 12.4 Å². The summed E-state index contributed by atoms with van der Waals surface area (Å²) in [7, 11) is 0. The lowest BCUT2D eigenvalue weighted by Crippen LogP contribution is -3.00. The second-order valence-corrected chi connectivity index (χ2v) is 10.7. The Morgan fingerprint density at radius 1 is 0.686 bits per heavy atom. The van der Waals surface area contributed by atoms with Crippen molar-refractivity contribution in [2.24, 2.45) is 0 Å². The maximum atomic E-state index is 10.2. The number of aliphatic hydroxyl groups excluding tert-OH is 2. The summed E-state index contributed by atoms with van der Waals surface area (Å²) in [4.78, 5) is 0. The Kier molecular flexibility index (Phi) is 21.8. The molecule has 0 bridgehead atoms. The summed E-state index contributed by atoms with van der Waals surface area (Å²) in [6.45, 7) is 8.02. The highest BCUT2D eigenvalue weighted by molar-refractivity contribution is 5.13. The fourth-order valence-electron chi connectivity index (χ4n) is 5.13. The van der Waals surface area contributed by atoms with Gasteiger partial charge in [-0.1, -0.05) is 121 Å². The van der Waals surface area contributed by atoms with Crippen molar-refractivity contribution in [3.8, 4) is 0 Å². The van der Waals surface area contributed by atoms with E-state index in [2.05, 4.69) is 43.5 Å². The van der Waals surface area contributed by atoms with E-state index in [1.165, 1.54) is 95.5 Å². The van der Waals surface area contributed by atoms with E-state index in [0.717, 1.165) is 13.0 Å². The largest absolute Gasteiger partial charge is 1.00 e. The molecule has 2 N–H and O–H groups in total. The minimum Gasteiger partial charge on any atom is -1.00 e. The number of hydrogen-bond donors (Lipinski definition) is 2. The Hall–Kier alpha value is -0.870. The van der Waals surface area contributed by atoms with Crippen LogP contribution >= 0.6 is 0 Å². The van der Waals surface area contributed by atoms with E-state index in [1.54, 1.807) is 0 Å². The van der Waals surface area contributed by atoms with Crippen LogP contribution in [-0.4, -0.2) is 40.0 Å². The first-order chi connectivity index (χ1) is 16.5. The number of benzene rings is 1. The Morgan fingerprint density at radius 3 is 1.54 bits per heavy atom. The van der Waals surface area contributed by atoms with Crippen molar-refractivity contribution in [1.82, 2.24) is 0 Å². The number of unbranched alkanes of at least 4 members (excludes halogenated alkanes) is 14. The average Bonchev–Trinajstić information content (AvgIpc) is 2.78. The number of allylic oxidation sites excluding steroid dienone is 1. The van der Waals surface area contributed by atoms with Gasteiger partial charge in [0.1, 0.15) is 31.8 Å². The summed E-state index contributed by atoms with van der Waals surface area (Å²) < 4.78 is 0.595. The predicted molar refractivity (Wildman–Crippen MR) is 148 cm³/mol. The standard InChI is InChI=1S/C31H56NO2.ClH/c1-4-5-6-7-8-9-10-11-12-13-14-15-16-17-18-22-25-32(26-29(2)33,27-30(3)34)28-31-23-20-19-21-24-31;/h19-25,29-30,33-34H,4-18,26-28H2,1-3H3;1H/q+1;/p-1/b25-22+;. The Bertz CT molecular complexity index is 593. The van der Waals surface area contributed by atoms with E-state index in [4.69, 9.17) is 0 Å². The zero-order chi connectivity index (χ0) is 24.9. The Labute approximate surface area is 224 Å². The van der Waals surface area contributed by atoms with Crippen LogP contribution in [0.15, 0.2) is 42.6 Å². The third kappa shape index (κ3) is 19.0. The van der Waals surface area contributed by atoms with E-state index >= 15 is 0 Å². The SMILES string of the molecule is CCCCCCCCCCCCCCCC/C=C/[N+](Cc1ccccc1)(CC(C)O)CC(C)O.[Cl-]. The van der Waals surface area contributed by atoms with Gasteiger partial charge < -0.3 is 22.6 Å². The van der Waals surface area contributed by atoms with Gasteiger partial charge in [0.2, 0.25) is 0 Å². The molecule has 204 valence electrons. The molecule has 0 radical (unpaired) electrons. The molecule has 0 aliphatic heterocycles. The third-order valence-corrected chi connectivity index (χ3v) is 6.74. The number of nitrogens with zero attached hydrogens (tertiary/aromatic N) is 1. The maximum Gasteiger partial charge on any atom is 0.109 e. The van der Waals surface area contributed by atoms with Gasteiger partial charge in [-0.25, -0.2) is 0 Å². The van der Waals surface area contributed by atoms with Crippen LogP contribution < -0.4 is 12.4 Å². The quantitative estimate of drug-likeness (QED) is 0.167. The van der Waals surface area contributed by atoms with Crippen LogP contribution in [0.1, 0.15) is 123 Å². The Balaban J connectivity index is 0.0000116. The number of hydrogen-bond acceptors (Lipinski definition) is 2. The van der Waals surface area contributed by atoms with Crippen LogP contribution in [-0.2, 0) is 6.54 Å². The molecule has 0 heterocycles. The normalized spacial score (nSPS) is 15.0. The highest BCUT2D eigenvalue weighted by Gasteiger charge is 2.29. The van der Waals surface area contributed by atoms with E-state index in [0.29, 0.717) is 17.6 Å². The molecule has 0 saturated heterocycles. The number of rotatable bonds is 22. The molecule has 2 unspecified atom stereocenters. The van der Waals surface area contributed by atoms with Crippen molar-refractivity contribution in [3.05, 3.63) is 48.2 Å². The van der Waals surface area contributed by atoms with Gasteiger partial charge in [0, 0.05) is 5.56 Å². The number of halogens is 1. The zero-order valence-electron chi connectivity index (χ0n) is 23.1. The summed E-state index contributed by atoms with van der Waals surface area (Å²) >= 11 is 0. The molecular weight excluding hydrogens is 454 g/mol. The Morgan fingerprint density at radius 2 is 1.11 bits per heavy atom. The molecule has 2 atom stereocenters. The number of aliphatic hydroxyl groups is 2. The first kappa shape index (κ1) is 34.1. The van der Waals surface area contributed by atoms with E-state index in [1.807, 2.05) is 19.9 Å². The molecular formula is C31H56ClNO2. The van der Waals surface area contributed by atoms with Crippen molar-refractivity contribution in [3.63, 3.8) is 0 Å². The van der Waals surface area contributed by atoms with Gasteiger partial charge in [-0.15, -0.1) is 0 Å². The van der Waals surface area contributed by atoms with Crippen LogP contribution in [0, 0.1) is 0 Å². The van der Waals surface area contributed by atoms with Crippen molar-refractivity contribution in [1.29, 1.82) is 0 Å². The molecule has 0 aromatic heterocycles. The van der Waals surface area contributed by atoms with Crippen molar-refractivity contribution in [2.75, 3.05) is 13.1 Å². The van der Waals surface area contributed by atoms with Crippen LogP contribution in [0.2, 0.25) is 0 Å². The first-order valence-corrected chi connectivity index (χ1v) is 14.4. The van der Waals surface area contributed by atoms with Gasteiger partial charge in [0.05, 0.1) is 6.20 Å². The molecule has 4 heteroatoms. The monoisotopic (exact) mass is 509 g/mol. The molecule has 0 fully saturated rings. The van der Waals surface area contributed by atoms with Crippen LogP contribution in [0.4, 0.5) is 0 Å². The molecule has 0 aliphatic rings. The minimum absolute atomic E-state index is 0. The summed E-state index contributed by atoms with van der Waals surface area (Å²) in [6, 6.07) is 10.4. The fourth-order valence-corrected chi connectivity index (χ4v) is 5.13. The van der Waals surface area contributed by atoms with E-state index in [9.17, 15) is 10.2 Å². The molecule has 0 spiro atoms. The van der Waals surface area contributed by atoms with Crippen molar-refractivity contribution >= 4 is 0 Å². The van der Waals surface area contributed by atoms with Crippen LogP contribution in [0.25, 0.3) is 0 Å². The highest BCUT2D eigenvalue weighted by atomic mass is 35.5. The van der Waals surface area contributed by atoms with Crippen LogP contribution in [0.3, 0.4) is 0 Å². The fraction of sp³-hybridized carbons (Fsp3) is 0.742. The van der Waals surface area contributed by atoms with Crippen molar-refractivity contribution < 1.29 is 27.1 Å². The number of quaternary nitrogens is 1. The van der Waals surface area contributed by atoms with Gasteiger partial charge in [-0.2, -0.15) is 0 Å². The molecule has 1 aromatic carbocycles.